The van der Waals surface area contributed by atoms with E-state index in [9.17, 15) is 0 Å². The third-order valence-corrected chi connectivity index (χ3v) is 0.162. The fourth-order valence-electron chi connectivity index (χ4n) is 0.0500. The van der Waals surface area contributed by atoms with Crippen molar-refractivity contribution in [1.29, 1.82) is 0 Å². The molecule has 6 heavy (non-hydrogen) atoms. The molecule has 0 spiro atoms. The summed E-state index contributed by atoms with van der Waals surface area (Å²) in [5.41, 5.74) is 0. The van der Waals surface area contributed by atoms with Crippen molar-refractivity contribution in [3.05, 3.63) is 22.8 Å². The predicted octanol–water partition coefficient (Wildman–Crippen LogP) is 0.743. The van der Waals surface area contributed by atoms with E-state index in [4.69, 9.17) is 13.1 Å². The third kappa shape index (κ3) is 2.54. The predicted molar refractivity (Wildman–Crippen MR) is 21.0 cm³/mol. The highest BCUT2D eigenvalue weighted by Gasteiger charge is 1.42. The first-order valence-electron chi connectivity index (χ1n) is 1.14. The minimum absolute atomic E-state index is 1.89. The molecule has 0 aliphatic rings. The lowest BCUT2D eigenvalue weighted by Crippen LogP contribution is -1.31. The molecule has 0 aromatic carbocycles. The fourth-order valence-corrected chi connectivity index (χ4v) is 0.0500. The highest BCUT2D eigenvalue weighted by Crippen LogP contribution is 1.55. The van der Waals surface area contributed by atoms with E-state index in [0.717, 1.165) is 0 Å². The maximum atomic E-state index is 6.01. The zero-order chi connectivity index (χ0) is 4.83. The van der Waals surface area contributed by atoms with Gasteiger partial charge < -0.3 is 0 Å². The van der Waals surface area contributed by atoms with E-state index < -0.39 is 0 Å². The average molecular weight is 76.1 g/mol. The molecule has 0 unspecified atom stereocenters. The van der Waals surface area contributed by atoms with Crippen molar-refractivity contribution in [2.75, 3.05) is 0 Å². The van der Waals surface area contributed by atoms with Crippen LogP contribution in [0, 0.1) is 25.2 Å². The molecule has 0 heterocycles. The minimum atomic E-state index is 1.89. The van der Waals surface area contributed by atoms with E-state index in [1.165, 1.54) is 0 Å². The highest BCUT2D eigenvalue weighted by molar-refractivity contribution is 5.11. The fraction of sp³-hybridized carbons (Fsp3) is 0. The summed E-state index contributed by atoms with van der Waals surface area (Å²) >= 11 is 0. The van der Waals surface area contributed by atoms with E-state index in [1.54, 1.807) is 0 Å². The second-order valence-electron chi connectivity index (χ2n) is 0.447. The molecule has 26 valence electrons. The third-order valence-electron chi connectivity index (χ3n) is 0.162. The van der Waals surface area contributed by atoms with E-state index >= 15 is 0 Å². The van der Waals surface area contributed by atoms with Gasteiger partial charge in [-0.05, 0) is 0 Å². The van der Waals surface area contributed by atoms with Crippen molar-refractivity contribution < 1.29 is 0 Å². The Hall–Kier alpha value is -1.46. The van der Waals surface area contributed by atoms with Gasteiger partial charge in [-0.1, -0.05) is 0 Å². The maximum Gasteiger partial charge on any atom is 0.104 e. The molecule has 0 atom stereocenters. The molecule has 0 amide bonds. The average Bonchev–Trinajstić information content (AvgIpc) is 1.61. The van der Waals surface area contributed by atoms with Gasteiger partial charge in [-0.25, -0.2) is 9.69 Å². The van der Waals surface area contributed by atoms with E-state index in [1.807, 2.05) is 12.1 Å². The zero-order valence-corrected chi connectivity index (χ0v) is 2.89. The molecule has 0 saturated heterocycles. The van der Waals surface area contributed by atoms with Gasteiger partial charge in [-0.2, -0.15) is 0 Å². The van der Waals surface area contributed by atoms with Crippen LogP contribution in [0.25, 0.3) is 9.69 Å². The van der Waals surface area contributed by atoms with Crippen LogP contribution in [0.5, 0.6) is 0 Å². The standard InChI is InChI=1S/C4N2/c1-5-3-4-6-2. The normalized spacial score (nSPS) is 3.00. The summed E-state index contributed by atoms with van der Waals surface area (Å²) in [7, 11) is 0. The molecule has 0 fully saturated rings. The summed E-state index contributed by atoms with van der Waals surface area (Å²) in [6, 6.07) is 3.77. The molecular formula is C4N2. The van der Waals surface area contributed by atoms with Gasteiger partial charge in [0.15, 0.2) is 0 Å². The summed E-state index contributed by atoms with van der Waals surface area (Å²) in [6.45, 7) is 12.0. The summed E-state index contributed by atoms with van der Waals surface area (Å²) in [5.74, 6) is 0. The van der Waals surface area contributed by atoms with E-state index in [0.29, 0.717) is 0 Å². The van der Waals surface area contributed by atoms with Crippen LogP contribution in [0.1, 0.15) is 0 Å². The molecule has 2 nitrogen and oxygen atoms in total. The Kier molecular flexibility index (Phi) is 2.68. The molecule has 0 aliphatic heterocycles. The van der Waals surface area contributed by atoms with Crippen LogP contribution in [-0.2, 0) is 0 Å². The minimum Gasteiger partial charge on any atom is -0.209 e. The lowest BCUT2D eigenvalue weighted by atomic mass is 11.1. The van der Waals surface area contributed by atoms with Crippen LogP contribution in [-0.4, -0.2) is 0 Å². The van der Waals surface area contributed by atoms with Crippen LogP contribution in [0.4, 0.5) is 0 Å². The summed E-state index contributed by atoms with van der Waals surface area (Å²) < 4.78 is 0. The first kappa shape index (κ1) is 4.54. The number of nitrogens with zero attached hydrogens (tertiary/aromatic N) is 2. The summed E-state index contributed by atoms with van der Waals surface area (Å²) in [6.07, 6.45) is 0. The van der Waals surface area contributed by atoms with Crippen molar-refractivity contribution in [3.63, 3.8) is 0 Å². The van der Waals surface area contributed by atoms with Crippen LogP contribution in [0.15, 0.2) is 0 Å². The zero-order valence-electron chi connectivity index (χ0n) is 2.89. The van der Waals surface area contributed by atoms with Gasteiger partial charge in [0.25, 0.3) is 0 Å². The Morgan fingerprint density at radius 2 is 1.33 bits per heavy atom. The first-order valence-corrected chi connectivity index (χ1v) is 1.14. The first-order chi connectivity index (χ1) is 2.91. The summed E-state index contributed by atoms with van der Waals surface area (Å²) in [4.78, 5) is 5.20. The van der Waals surface area contributed by atoms with Crippen LogP contribution < -0.4 is 0 Å². The van der Waals surface area contributed by atoms with Crippen LogP contribution >= 0.6 is 0 Å². The monoisotopic (exact) mass is 76.0 g/mol. The highest BCUT2D eigenvalue weighted by atomic mass is 14.6. The second-order valence-corrected chi connectivity index (χ2v) is 0.447. The van der Waals surface area contributed by atoms with Gasteiger partial charge in [0.2, 0.25) is 0 Å². The van der Waals surface area contributed by atoms with Gasteiger partial charge in [-0.15, -0.1) is 0 Å². The van der Waals surface area contributed by atoms with Crippen molar-refractivity contribution in [3.8, 4) is 12.1 Å². The smallest absolute Gasteiger partial charge is 0.104 e. The van der Waals surface area contributed by atoms with Gasteiger partial charge >= 0.3 is 0 Å². The molecular weight excluding hydrogens is 76.1 g/mol. The SMILES string of the molecule is [C-]#[N+]C#C[N+]#[C-]. The Morgan fingerprint density at radius 3 is 1.50 bits per heavy atom. The number of hydrogen-bond donors (Lipinski definition) is 0. The lowest BCUT2D eigenvalue weighted by Gasteiger charge is -1.45. The lowest BCUT2D eigenvalue weighted by molar-refractivity contribution is 2.17. The van der Waals surface area contributed by atoms with E-state index in [2.05, 4.69) is 9.69 Å². The quantitative estimate of drug-likeness (QED) is 0.297. The molecule has 0 N–H and O–H groups in total. The number of rotatable bonds is 0. The molecule has 0 saturated carbocycles. The van der Waals surface area contributed by atoms with Crippen LogP contribution in [0.3, 0.4) is 0 Å². The van der Waals surface area contributed by atoms with Crippen molar-refractivity contribution in [1.82, 2.24) is 0 Å². The van der Waals surface area contributed by atoms with Gasteiger partial charge in [0.1, 0.15) is 25.2 Å². The van der Waals surface area contributed by atoms with Gasteiger partial charge in [0.05, 0.1) is 0 Å². The Balaban J connectivity index is 3.60. The Bertz CT molecular complexity index is 139. The second kappa shape index (κ2) is 3.54. The molecule has 0 bridgehead atoms. The Morgan fingerprint density at radius 1 is 1.00 bits per heavy atom. The number of hydrogen-bond acceptors (Lipinski definition) is 0. The Labute approximate surface area is 36.0 Å². The van der Waals surface area contributed by atoms with Gasteiger partial charge in [-0.3, -0.25) is 0 Å². The molecule has 0 aromatic rings. The van der Waals surface area contributed by atoms with Crippen molar-refractivity contribution >= 4 is 0 Å². The molecule has 0 aromatic heterocycles. The largest absolute Gasteiger partial charge is 0.209 e. The van der Waals surface area contributed by atoms with Gasteiger partial charge in [0, 0.05) is 0 Å². The molecule has 0 aliphatic carbocycles. The van der Waals surface area contributed by atoms with Crippen molar-refractivity contribution in [2.24, 2.45) is 0 Å². The maximum absolute atomic E-state index is 6.01. The summed E-state index contributed by atoms with van der Waals surface area (Å²) in [5, 5.41) is 0. The topological polar surface area (TPSA) is 8.72 Å². The molecule has 0 radical (unpaired) electrons. The molecule has 0 rings (SSSR count). The molecule has 2 heteroatoms. The van der Waals surface area contributed by atoms with Crippen LogP contribution in [0.2, 0.25) is 0 Å². The van der Waals surface area contributed by atoms with Crippen molar-refractivity contribution in [2.45, 2.75) is 0 Å². The van der Waals surface area contributed by atoms with E-state index in [-0.39, 0.29) is 0 Å².